The minimum absolute atomic E-state index is 0.00844. The topological polar surface area (TPSA) is 84.9 Å². The maximum Gasteiger partial charge on any atom is 0.311 e. The van der Waals surface area contributed by atoms with Crippen LogP contribution in [0.5, 0.6) is 5.75 Å². The third-order valence-electron chi connectivity index (χ3n) is 5.97. The predicted octanol–water partition coefficient (Wildman–Crippen LogP) is 4.29. The van der Waals surface area contributed by atoms with Crippen molar-refractivity contribution in [2.45, 2.75) is 45.2 Å². The molecule has 2 aromatic rings. The van der Waals surface area contributed by atoms with E-state index in [-0.39, 0.29) is 18.9 Å². The Kier molecular flexibility index (Phi) is 9.33. The molecular formula is C26H31ClN2O5. The number of methoxy groups -OCH3 is 1. The normalized spacial score (nSPS) is 17.9. The molecule has 1 N–H and O–H groups in total. The van der Waals surface area contributed by atoms with E-state index in [4.69, 9.17) is 21.1 Å². The SMILES string of the molecule is CCCCN1C(=O)CCC(C(=O)OCC(=O)NCc2ccc(Cl)cc2)C1c1ccccc1OC. The molecule has 1 fully saturated rings. The lowest BCUT2D eigenvalue weighted by Crippen LogP contribution is -2.46. The van der Waals surface area contributed by atoms with Crippen molar-refractivity contribution in [1.29, 1.82) is 0 Å². The molecule has 0 aromatic heterocycles. The second kappa shape index (κ2) is 12.4. The second-order valence-corrected chi connectivity index (χ2v) is 8.72. The molecule has 1 heterocycles. The fourth-order valence-corrected chi connectivity index (χ4v) is 4.31. The number of likely N-dealkylation sites (tertiary alicyclic amines) is 1. The van der Waals surface area contributed by atoms with Crippen molar-refractivity contribution in [2.24, 2.45) is 5.92 Å². The fourth-order valence-electron chi connectivity index (χ4n) is 4.18. The molecule has 1 aliphatic heterocycles. The van der Waals surface area contributed by atoms with E-state index in [1.54, 1.807) is 24.1 Å². The second-order valence-electron chi connectivity index (χ2n) is 8.28. The number of nitrogens with zero attached hydrogens (tertiary/aromatic N) is 1. The van der Waals surface area contributed by atoms with Crippen LogP contribution in [0.1, 0.15) is 49.8 Å². The smallest absolute Gasteiger partial charge is 0.311 e. The number of hydrogen-bond donors (Lipinski definition) is 1. The summed E-state index contributed by atoms with van der Waals surface area (Å²) in [5.41, 5.74) is 1.65. The number of unbranched alkanes of at least 4 members (excludes halogenated alkanes) is 1. The summed E-state index contributed by atoms with van der Waals surface area (Å²) in [5, 5.41) is 3.36. The number of hydrogen-bond acceptors (Lipinski definition) is 5. The van der Waals surface area contributed by atoms with E-state index in [2.05, 4.69) is 12.2 Å². The van der Waals surface area contributed by atoms with Crippen molar-refractivity contribution < 1.29 is 23.9 Å². The van der Waals surface area contributed by atoms with Crippen molar-refractivity contribution >= 4 is 29.4 Å². The van der Waals surface area contributed by atoms with Crippen LogP contribution < -0.4 is 10.1 Å². The first-order valence-corrected chi connectivity index (χ1v) is 11.9. The molecule has 0 bridgehead atoms. The Balaban J connectivity index is 1.70. The van der Waals surface area contributed by atoms with E-state index in [9.17, 15) is 14.4 Å². The van der Waals surface area contributed by atoms with Gasteiger partial charge in [0.25, 0.3) is 5.91 Å². The quantitative estimate of drug-likeness (QED) is 0.506. The Hall–Kier alpha value is -3.06. The number of ether oxygens (including phenoxy) is 2. The highest BCUT2D eigenvalue weighted by Gasteiger charge is 2.42. The van der Waals surface area contributed by atoms with Crippen LogP contribution >= 0.6 is 11.6 Å². The average molecular weight is 487 g/mol. The molecule has 2 aromatic carbocycles. The van der Waals surface area contributed by atoms with Crippen molar-refractivity contribution in [3.8, 4) is 5.75 Å². The van der Waals surface area contributed by atoms with Gasteiger partial charge in [-0.3, -0.25) is 14.4 Å². The largest absolute Gasteiger partial charge is 0.496 e. The summed E-state index contributed by atoms with van der Waals surface area (Å²) in [6, 6.07) is 14.0. The highest BCUT2D eigenvalue weighted by molar-refractivity contribution is 6.30. The molecule has 2 unspecified atom stereocenters. The van der Waals surface area contributed by atoms with Gasteiger partial charge in [-0.2, -0.15) is 0 Å². The molecule has 2 atom stereocenters. The number of benzene rings is 2. The molecule has 0 radical (unpaired) electrons. The molecule has 182 valence electrons. The Bertz CT molecular complexity index is 995. The molecule has 2 amide bonds. The zero-order valence-electron chi connectivity index (χ0n) is 19.6. The number of halogens is 1. The summed E-state index contributed by atoms with van der Waals surface area (Å²) in [5.74, 6) is -0.857. The molecular weight excluding hydrogens is 456 g/mol. The number of carbonyl (C=O) groups is 3. The first kappa shape index (κ1) is 25.6. The number of amides is 2. The molecule has 0 spiro atoms. The van der Waals surface area contributed by atoms with Crippen molar-refractivity contribution in [3.05, 3.63) is 64.7 Å². The third-order valence-corrected chi connectivity index (χ3v) is 6.22. The van der Waals surface area contributed by atoms with Crippen LogP contribution in [0.15, 0.2) is 48.5 Å². The maximum atomic E-state index is 13.1. The highest BCUT2D eigenvalue weighted by Crippen LogP contribution is 2.41. The molecule has 34 heavy (non-hydrogen) atoms. The van der Waals surface area contributed by atoms with Crippen LogP contribution in [0.2, 0.25) is 5.02 Å². The van der Waals surface area contributed by atoms with Crippen LogP contribution in [0, 0.1) is 5.92 Å². The minimum Gasteiger partial charge on any atom is -0.496 e. The standard InChI is InChI=1S/C26H31ClN2O5/c1-3-4-15-29-24(31)14-13-21(25(29)20-7-5-6-8-22(20)33-2)26(32)34-17-23(30)28-16-18-9-11-19(27)12-10-18/h5-12,21,25H,3-4,13-17H2,1-2H3,(H,28,30). The van der Waals surface area contributed by atoms with Gasteiger partial charge in [0.1, 0.15) is 5.75 Å². The number of esters is 1. The van der Waals surface area contributed by atoms with Crippen LogP contribution in [0.3, 0.4) is 0 Å². The Morgan fingerprint density at radius 2 is 1.88 bits per heavy atom. The predicted molar refractivity (Wildman–Crippen MR) is 129 cm³/mol. The molecule has 1 saturated heterocycles. The van der Waals surface area contributed by atoms with E-state index in [1.165, 1.54) is 0 Å². The summed E-state index contributed by atoms with van der Waals surface area (Å²) in [4.78, 5) is 40.0. The van der Waals surface area contributed by atoms with E-state index in [0.29, 0.717) is 30.3 Å². The lowest BCUT2D eigenvalue weighted by atomic mass is 9.83. The van der Waals surface area contributed by atoms with E-state index >= 15 is 0 Å². The number of rotatable bonds is 10. The molecule has 3 rings (SSSR count). The first-order chi connectivity index (χ1) is 16.4. The van der Waals surface area contributed by atoms with E-state index in [1.807, 2.05) is 36.4 Å². The van der Waals surface area contributed by atoms with Gasteiger partial charge in [-0.25, -0.2) is 0 Å². The number of piperidine rings is 1. The van der Waals surface area contributed by atoms with Gasteiger partial charge in [-0.15, -0.1) is 0 Å². The molecule has 1 aliphatic rings. The van der Waals surface area contributed by atoms with E-state index in [0.717, 1.165) is 24.0 Å². The summed E-state index contributed by atoms with van der Waals surface area (Å²) < 4.78 is 10.9. The van der Waals surface area contributed by atoms with Gasteiger partial charge in [0.2, 0.25) is 5.91 Å². The van der Waals surface area contributed by atoms with Gasteiger partial charge in [0.15, 0.2) is 6.61 Å². The minimum atomic E-state index is -0.588. The van der Waals surface area contributed by atoms with Crippen LogP contribution in [-0.2, 0) is 25.7 Å². The number of nitrogens with one attached hydrogen (secondary N) is 1. The van der Waals surface area contributed by atoms with Gasteiger partial charge >= 0.3 is 5.97 Å². The summed E-state index contributed by atoms with van der Waals surface area (Å²) in [6.07, 6.45) is 2.37. The number of para-hydroxylation sites is 1. The summed E-state index contributed by atoms with van der Waals surface area (Å²) in [7, 11) is 1.57. The van der Waals surface area contributed by atoms with E-state index < -0.39 is 23.8 Å². The molecule has 8 heteroatoms. The monoisotopic (exact) mass is 486 g/mol. The Labute approximate surface area is 205 Å². The summed E-state index contributed by atoms with van der Waals surface area (Å²) in [6.45, 7) is 2.52. The van der Waals surface area contributed by atoms with Crippen molar-refractivity contribution in [3.63, 3.8) is 0 Å². The van der Waals surface area contributed by atoms with Crippen LogP contribution in [0.25, 0.3) is 0 Å². The maximum absolute atomic E-state index is 13.1. The Morgan fingerprint density at radius 3 is 2.59 bits per heavy atom. The molecule has 0 saturated carbocycles. The van der Waals surface area contributed by atoms with Gasteiger partial charge in [0.05, 0.1) is 19.1 Å². The van der Waals surface area contributed by atoms with Crippen molar-refractivity contribution in [2.75, 3.05) is 20.3 Å². The molecule has 0 aliphatic carbocycles. The summed E-state index contributed by atoms with van der Waals surface area (Å²) >= 11 is 5.88. The average Bonchev–Trinajstić information content (AvgIpc) is 2.86. The zero-order chi connectivity index (χ0) is 24.5. The molecule has 7 nitrogen and oxygen atoms in total. The third kappa shape index (κ3) is 6.50. The fraction of sp³-hybridized carbons (Fsp3) is 0.423. The van der Waals surface area contributed by atoms with Crippen LogP contribution in [-0.4, -0.2) is 42.9 Å². The highest BCUT2D eigenvalue weighted by atomic mass is 35.5. The lowest BCUT2D eigenvalue weighted by molar-refractivity contribution is -0.160. The van der Waals surface area contributed by atoms with Gasteiger partial charge in [-0.1, -0.05) is 55.3 Å². The lowest BCUT2D eigenvalue weighted by Gasteiger charge is -2.40. The van der Waals surface area contributed by atoms with Gasteiger partial charge in [-0.05, 0) is 36.6 Å². The zero-order valence-corrected chi connectivity index (χ0v) is 20.3. The van der Waals surface area contributed by atoms with Gasteiger partial charge in [0, 0.05) is 30.1 Å². The number of carbonyl (C=O) groups excluding carboxylic acids is 3. The first-order valence-electron chi connectivity index (χ1n) is 11.5. The van der Waals surface area contributed by atoms with Crippen molar-refractivity contribution in [1.82, 2.24) is 10.2 Å². The van der Waals surface area contributed by atoms with Gasteiger partial charge < -0.3 is 19.7 Å². The van der Waals surface area contributed by atoms with Crippen LogP contribution in [0.4, 0.5) is 0 Å². The Morgan fingerprint density at radius 1 is 1.15 bits per heavy atom.